The summed E-state index contributed by atoms with van der Waals surface area (Å²) < 4.78 is 40.8. The summed E-state index contributed by atoms with van der Waals surface area (Å²) in [4.78, 5) is 12.8. The second-order valence-electron chi connectivity index (χ2n) is 8.42. The van der Waals surface area contributed by atoms with Gasteiger partial charge in [-0.1, -0.05) is 6.92 Å². The highest BCUT2D eigenvalue weighted by atomic mass is 32.2. The van der Waals surface area contributed by atoms with Crippen molar-refractivity contribution < 1.29 is 22.7 Å². The van der Waals surface area contributed by atoms with Crippen LogP contribution < -0.4 is 14.8 Å². The normalized spacial score (nSPS) is 18.7. The number of hydrogen-bond donors (Lipinski definition) is 1. The highest BCUT2D eigenvalue weighted by molar-refractivity contribution is 7.89. The molecule has 2 aromatic rings. The lowest BCUT2D eigenvalue weighted by atomic mass is 9.97. The zero-order valence-corrected chi connectivity index (χ0v) is 19.1. The molecule has 9 nitrogen and oxygen atoms in total. The van der Waals surface area contributed by atoms with Crippen LogP contribution in [-0.4, -0.2) is 61.3 Å². The van der Waals surface area contributed by atoms with Crippen molar-refractivity contribution in [3.63, 3.8) is 0 Å². The van der Waals surface area contributed by atoms with Crippen LogP contribution in [0.5, 0.6) is 11.5 Å². The van der Waals surface area contributed by atoms with Gasteiger partial charge < -0.3 is 14.8 Å². The first-order chi connectivity index (χ1) is 15.4. The molecule has 1 unspecified atom stereocenters. The van der Waals surface area contributed by atoms with E-state index in [1.165, 1.54) is 10.4 Å². The summed E-state index contributed by atoms with van der Waals surface area (Å²) in [5.41, 5.74) is 0. The third-order valence-corrected chi connectivity index (χ3v) is 7.76. The zero-order chi connectivity index (χ0) is 22.6. The molecule has 4 rings (SSSR count). The Morgan fingerprint density at radius 2 is 1.97 bits per heavy atom. The number of ether oxygens (including phenoxy) is 2. The van der Waals surface area contributed by atoms with E-state index >= 15 is 0 Å². The number of aromatic nitrogens is 2. The zero-order valence-electron chi connectivity index (χ0n) is 18.3. The van der Waals surface area contributed by atoms with E-state index < -0.39 is 10.0 Å². The molecule has 2 aliphatic rings. The molecule has 174 valence electrons. The summed E-state index contributed by atoms with van der Waals surface area (Å²) in [7, 11) is -3.65. The molecule has 0 aliphatic carbocycles. The Morgan fingerprint density at radius 3 is 2.69 bits per heavy atom. The van der Waals surface area contributed by atoms with Crippen LogP contribution >= 0.6 is 0 Å². The Kier molecular flexibility index (Phi) is 7.00. The topological polar surface area (TPSA) is 103 Å². The summed E-state index contributed by atoms with van der Waals surface area (Å²) in [6, 6.07) is 6.62. The minimum absolute atomic E-state index is 0.00931. The van der Waals surface area contributed by atoms with E-state index in [0.29, 0.717) is 57.2 Å². The summed E-state index contributed by atoms with van der Waals surface area (Å²) in [5, 5.41) is 7.20. The predicted molar refractivity (Wildman–Crippen MR) is 118 cm³/mol. The maximum absolute atomic E-state index is 13.1. The number of nitrogens with one attached hydrogen (secondary N) is 1. The van der Waals surface area contributed by atoms with Gasteiger partial charge in [0, 0.05) is 57.0 Å². The highest BCUT2D eigenvalue weighted by Crippen LogP contribution is 2.33. The van der Waals surface area contributed by atoms with E-state index in [1.54, 1.807) is 18.3 Å². The first kappa shape index (κ1) is 22.6. The lowest BCUT2D eigenvalue weighted by Crippen LogP contribution is -2.43. The average molecular weight is 463 g/mol. The van der Waals surface area contributed by atoms with Crippen molar-refractivity contribution in [3.8, 4) is 11.5 Å². The van der Waals surface area contributed by atoms with Crippen LogP contribution in [0, 0.1) is 11.8 Å². The van der Waals surface area contributed by atoms with Crippen molar-refractivity contribution in [1.82, 2.24) is 19.4 Å². The van der Waals surface area contributed by atoms with Gasteiger partial charge in [0.1, 0.15) is 0 Å². The van der Waals surface area contributed by atoms with Crippen LogP contribution in [-0.2, 0) is 21.4 Å². The Labute approximate surface area is 188 Å². The third kappa shape index (κ3) is 5.24. The lowest BCUT2D eigenvalue weighted by Gasteiger charge is -2.31. The molecule has 32 heavy (non-hydrogen) atoms. The molecule has 2 aliphatic heterocycles. The Bertz CT molecular complexity index is 1020. The average Bonchev–Trinajstić information content (AvgIpc) is 3.19. The maximum Gasteiger partial charge on any atom is 0.243 e. The number of nitrogens with zero attached hydrogens (tertiary/aromatic N) is 3. The fourth-order valence-corrected chi connectivity index (χ4v) is 5.51. The maximum atomic E-state index is 13.1. The van der Waals surface area contributed by atoms with Crippen molar-refractivity contribution in [2.45, 2.75) is 37.6 Å². The quantitative estimate of drug-likeness (QED) is 0.674. The van der Waals surface area contributed by atoms with E-state index in [9.17, 15) is 13.2 Å². The van der Waals surface area contributed by atoms with Crippen molar-refractivity contribution in [2.24, 2.45) is 11.8 Å². The van der Waals surface area contributed by atoms with Gasteiger partial charge in [0.2, 0.25) is 15.9 Å². The number of carbonyl (C=O) groups excluding carboxylic acids is 1. The van der Waals surface area contributed by atoms with Gasteiger partial charge in [-0.15, -0.1) is 0 Å². The van der Waals surface area contributed by atoms with Gasteiger partial charge in [0.25, 0.3) is 0 Å². The third-order valence-electron chi connectivity index (χ3n) is 5.86. The monoisotopic (exact) mass is 462 g/mol. The van der Waals surface area contributed by atoms with Gasteiger partial charge >= 0.3 is 0 Å². The van der Waals surface area contributed by atoms with Crippen LogP contribution in [0.4, 0.5) is 0 Å². The summed E-state index contributed by atoms with van der Waals surface area (Å²) in [6.07, 6.45) is 5.40. The number of amides is 1. The molecule has 1 N–H and O–H groups in total. The van der Waals surface area contributed by atoms with E-state index in [0.717, 1.165) is 13.0 Å². The fourth-order valence-electron chi connectivity index (χ4n) is 4.02. The molecule has 10 heteroatoms. The summed E-state index contributed by atoms with van der Waals surface area (Å²) >= 11 is 0. The molecule has 1 aromatic heterocycles. The second kappa shape index (κ2) is 9.91. The molecule has 0 radical (unpaired) electrons. The first-order valence-corrected chi connectivity index (χ1v) is 12.5. The number of rotatable bonds is 7. The van der Waals surface area contributed by atoms with Gasteiger partial charge in [-0.25, -0.2) is 8.42 Å². The van der Waals surface area contributed by atoms with E-state index in [4.69, 9.17) is 9.47 Å². The van der Waals surface area contributed by atoms with Crippen molar-refractivity contribution in [2.75, 3.05) is 32.8 Å². The van der Waals surface area contributed by atoms with Gasteiger partial charge in [-0.3, -0.25) is 9.48 Å². The minimum atomic E-state index is -3.65. The molecule has 0 spiro atoms. The van der Waals surface area contributed by atoms with Crippen molar-refractivity contribution in [1.29, 1.82) is 0 Å². The molecule has 0 saturated carbocycles. The van der Waals surface area contributed by atoms with Gasteiger partial charge in [-0.2, -0.15) is 9.40 Å². The van der Waals surface area contributed by atoms with Gasteiger partial charge in [0.05, 0.1) is 18.1 Å². The number of benzene rings is 1. The molecular weight excluding hydrogens is 432 g/mol. The van der Waals surface area contributed by atoms with Gasteiger partial charge in [0.15, 0.2) is 11.5 Å². The molecule has 1 aromatic carbocycles. The fraction of sp³-hybridized carbons (Fsp3) is 0.545. The number of fused-ring (bicyclic) bond motifs is 1. The molecule has 1 atom stereocenters. The summed E-state index contributed by atoms with van der Waals surface area (Å²) in [6.45, 7) is 5.05. The smallest absolute Gasteiger partial charge is 0.243 e. The molecule has 1 saturated heterocycles. The van der Waals surface area contributed by atoms with Crippen LogP contribution in [0.3, 0.4) is 0 Å². The Morgan fingerprint density at radius 1 is 1.22 bits per heavy atom. The lowest BCUT2D eigenvalue weighted by molar-refractivity contribution is -0.126. The van der Waals surface area contributed by atoms with E-state index in [2.05, 4.69) is 17.3 Å². The number of sulfonamides is 1. The standard InChI is InChI=1S/C22H30N4O5S/c1-17(16-25-9-2-8-24-25)15-23-22(27)18-6-10-26(11-7-18)32(28,29)19-4-5-20-21(14-19)31-13-3-12-30-20/h2,4-5,8-9,14,17-18H,3,6-7,10-13,15-16H2,1H3,(H,23,27). The Hall–Kier alpha value is -2.59. The molecule has 1 amide bonds. The molecular formula is C22H30N4O5S. The summed E-state index contributed by atoms with van der Waals surface area (Å²) in [5.74, 6) is 1.09. The van der Waals surface area contributed by atoms with Crippen LogP contribution in [0.1, 0.15) is 26.2 Å². The van der Waals surface area contributed by atoms with Crippen molar-refractivity contribution in [3.05, 3.63) is 36.7 Å². The van der Waals surface area contributed by atoms with Crippen LogP contribution in [0.15, 0.2) is 41.6 Å². The van der Waals surface area contributed by atoms with E-state index in [-0.39, 0.29) is 22.6 Å². The second-order valence-corrected chi connectivity index (χ2v) is 10.4. The SMILES string of the molecule is CC(CNC(=O)C1CCN(S(=O)(=O)c2ccc3c(c2)OCCCO3)CC1)Cn1cccn1. The van der Waals surface area contributed by atoms with Crippen LogP contribution in [0.25, 0.3) is 0 Å². The van der Waals surface area contributed by atoms with Crippen molar-refractivity contribution >= 4 is 15.9 Å². The molecule has 3 heterocycles. The number of carbonyl (C=O) groups is 1. The Balaban J connectivity index is 1.30. The van der Waals surface area contributed by atoms with E-state index in [1.807, 2.05) is 16.9 Å². The molecule has 1 fully saturated rings. The largest absolute Gasteiger partial charge is 0.490 e. The predicted octanol–water partition coefficient (Wildman–Crippen LogP) is 1.90. The highest BCUT2D eigenvalue weighted by Gasteiger charge is 2.32. The minimum Gasteiger partial charge on any atom is -0.490 e. The van der Waals surface area contributed by atoms with Gasteiger partial charge in [-0.05, 0) is 37.0 Å². The first-order valence-electron chi connectivity index (χ1n) is 11.1. The number of hydrogen-bond acceptors (Lipinski definition) is 6. The van der Waals surface area contributed by atoms with Crippen LogP contribution in [0.2, 0.25) is 0 Å². The molecule has 0 bridgehead atoms. The number of piperidine rings is 1.